The van der Waals surface area contributed by atoms with Crippen LogP contribution < -0.4 is 0 Å². The van der Waals surface area contributed by atoms with Crippen molar-refractivity contribution >= 4 is 27.5 Å². The Kier molecular flexibility index (Phi) is 2.86. The van der Waals surface area contributed by atoms with Crippen molar-refractivity contribution in [2.75, 3.05) is 0 Å². The van der Waals surface area contributed by atoms with E-state index in [4.69, 9.17) is 0 Å². The molecule has 20 heavy (non-hydrogen) atoms. The van der Waals surface area contributed by atoms with Crippen LogP contribution in [0.5, 0.6) is 0 Å². The highest BCUT2D eigenvalue weighted by molar-refractivity contribution is 9.10. The molecule has 3 aromatic heterocycles. The summed E-state index contributed by atoms with van der Waals surface area (Å²) in [6.45, 7) is 3.71. The van der Waals surface area contributed by atoms with Crippen molar-refractivity contribution in [2.45, 2.75) is 13.8 Å². The third kappa shape index (κ3) is 1.74. The van der Waals surface area contributed by atoms with Gasteiger partial charge in [-0.15, -0.1) is 0 Å². The average Bonchev–Trinajstić information content (AvgIpc) is 2.92. The van der Waals surface area contributed by atoms with Gasteiger partial charge in [0.2, 0.25) is 0 Å². The van der Waals surface area contributed by atoms with Gasteiger partial charge in [0.1, 0.15) is 5.65 Å². The minimum absolute atomic E-state index is 0.0960. The summed E-state index contributed by atoms with van der Waals surface area (Å²) in [4.78, 5) is 15.9. The van der Waals surface area contributed by atoms with E-state index in [0.717, 1.165) is 15.9 Å². The summed E-state index contributed by atoms with van der Waals surface area (Å²) in [5, 5.41) is 13.8. The van der Waals surface area contributed by atoms with E-state index in [-0.39, 0.29) is 5.69 Å². The lowest BCUT2D eigenvalue weighted by Crippen LogP contribution is -2.09. The molecular weight excluding hydrogens is 324 g/mol. The number of aromatic nitrogens is 4. The van der Waals surface area contributed by atoms with E-state index in [0.29, 0.717) is 11.5 Å². The average molecular weight is 335 g/mol. The molecule has 0 aromatic carbocycles. The molecule has 102 valence electrons. The molecule has 3 rings (SSSR count). The maximum Gasteiger partial charge on any atom is 0.356 e. The monoisotopic (exact) mass is 334 g/mol. The second kappa shape index (κ2) is 4.45. The van der Waals surface area contributed by atoms with Crippen LogP contribution in [0.4, 0.5) is 0 Å². The van der Waals surface area contributed by atoms with Crippen molar-refractivity contribution in [1.82, 2.24) is 19.2 Å². The van der Waals surface area contributed by atoms with Gasteiger partial charge in [0, 0.05) is 6.20 Å². The number of pyridine rings is 1. The largest absolute Gasteiger partial charge is 0.476 e. The summed E-state index contributed by atoms with van der Waals surface area (Å²) in [6.07, 6.45) is 1.68. The standard InChI is InChI=1S/C13H11BrN4O2/c1-7-10(14)8(2)18(16-7)12-11(13(19)20)17-6-4-3-5-9(17)15-12/h3-6H,1-2H3,(H,19,20). The smallest absolute Gasteiger partial charge is 0.356 e. The number of hydrogen-bond acceptors (Lipinski definition) is 3. The van der Waals surface area contributed by atoms with Crippen LogP contribution in [0.15, 0.2) is 28.9 Å². The summed E-state index contributed by atoms with van der Waals surface area (Å²) >= 11 is 3.44. The fraction of sp³-hybridized carbons (Fsp3) is 0.154. The Labute approximate surface area is 122 Å². The van der Waals surface area contributed by atoms with E-state index in [9.17, 15) is 9.90 Å². The molecule has 7 heteroatoms. The van der Waals surface area contributed by atoms with Gasteiger partial charge < -0.3 is 5.11 Å². The van der Waals surface area contributed by atoms with Crippen molar-refractivity contribution in [3.05, 3.63) is 46.0 Å². The van der Waals surface area contributed by atoms with Crippen molar-refractivity contribution in [3.63, 3.8) is 0 Å². The first-order chi connectivity index (χ1) is 9.50. The molecule has 0 spiro atoms. The van der Waals surface area contributed by atoms with Gasteiger partial charge in [-0.3, -0.25) is 4.40 Å². The molecule has 0 radical (unpaired) electrons. The molecule has 0 amide bonds. The second-order valence-corrected chi connectivity index (χ2v) is 5.21. The predicted octanol–water partition coefficient (Wildman–Crippen LogP) is 2.60. The summed E-state index contributed by atoms with van der Waals surface area (Å²) in [7, 11) is 0. The fourth-order valence-electron chi connectivity index (χ4n) is 2.16. The van der Waals surface area contributed by atoms with E-state index in [1.807, 2.05) is 19.9 Å². The van der Waals surface area contributed by atoms with Crippen LogP contribution in [0, 0.1) is 13.8 Å². The Morgan fingerprint density at radius 1 is 1.35 bits per heavy atom. The number of aryl methyl sites for hydroxylation is 1. The Balaban J connectivity index is 2.38. The molecule has 0 aliphatic rings. The number of carboxylic acid groups (broad SMARTS) is 1. The maximum absolute atomic E-state index is 11.6. The van der Waals surface area contributed by atoms with E-state index in [2.05, 4.69) is 26.0 Å². The highest BCUT2D eigenvalue weighted by Gasteiger charge is 2.23. The molecule has 0 saturated carbocycles. The summed E-state index contributed by atoms with van der Waals surface area (Å²) < 4.78 is 3.95. The van der Waals surface area contributed by atoms with Crippen LogP contribution in [0.25, 0.3) is 11.5 Å². The van der Waals surface area contributed by atoms with Gasteiger partial charge in [0.25, 0.3) is 0 Å². The minimum atomic E-state index is -1.04. The molecule has 0 fully saturated rings. The molecular formula is C13H11BrN4O2. The van der Waals surface area contributed by atoms with Gasteiger partial charge in [0.05, 0.1) is 15.9 Å². The number of carbonyl (C=O) groups is 1. The Morgan fingerprint density at radius 2 is 2.10 bits per heavy atom. The topological polar surface area (TPSA) is 72.4 Å². The van der Waals surface area contributed by atoms with Crippen LogP contribution in [0.3, 0.4) is 0 Å². The van der Waals surface area contributed by atoms with Crippen LogP contribution in [0.1, 0.15) is 21.9 Å². The zero-order chi connectivity index (χ0) is 14.4. The van der Waals surface area contributed by atoms with E-state index in [1.165, 1.54) is 0 Å². The Hall–Kier alpha value is -2.15. The lowest BCUT2D eigenvalue weighted by atomic mass is 10.4. The quantitative estimate of drug-likeness (QED) is 0.781. The zero-order valence-electron chi connectivity index (χ0n) is 10.8. The number of carboxylic acids is 1. The van der Waals surface area contributed by atoms with Crippen LogP contribution in [0.2, 0.25) is 0 Å². The zero-order valence-corrected chi connectivity index (χ0v) is 12.4. The van der Waals surface area contributed by atoms with Gasteiger partial charge in [-0.2, -0.15) is 5.10 Å². The molecule has 1 N–H and O–H groups in total. The van der Waals surface area contributed by atoms with Gasteiger partial charge in [-0.1, -0.05) is 6.07 Å². The molecule has 0 aliphatic heterocycles. The van der Waals surface area contributed by atoms with Gasteiger partial charge in [-0.25, -0.2) is 14.5 Å². The molecule has 3 aromatic rings. The van der Waals surface area contributed by atoms with Crippen LogP contribution >= 0.6 is 15.9 Å². The fourth-order valence-corrected chi connectivity index (χ4v) is 2.41. The lowest BCUT2D eigenvalue weighted by Gasteiger charge is -2.02. The first-order valence-electron chi connectivity index (χ1n) is 5.93. The molecule has 3 heterocycles. The number of rotatable bonds is 2. The second-order valence-electron chi connectivity index (χ2n) is 4.41. The van der Waals surface area contributed by atoms with Crippen LogP contribution in [-0.2, 0) is 0 Å². The van der Waals surface area contributed by atoms with Crippen molar-refractivity contribution in [3.8, 4) is 5.82 Å². The van der Waals surface area contributed by atoms with Crippen molar-refractivity contribution in [2.24, 2.45) is 0 Å². The van der Waals surface area contributed by atoms with Gasteiger partial charge in [-0.05, 0) is 41.9 Å². The molecule has 0 atom stereocenters. The number of nitrogens with zero attached hydrogens (tertiary/aromatic N) is 4. The first kappa shape index (κ1) is 12.9. The van der Waals surface area contributed by atoms with Gasteiger partial charge in [0.15, 0.2) is 11.5 Å². The van der Waals surface area contributed by atoms with Crippen molar-refractivity contribution in [1.29, 1.82) is 0 Å². The Bertz CT molecular complexity index is 834. The van der Waals surface area contributed by atoms with E-state index in [1.54, 1.807) is 27.4 Å². The molecule has 6 nitrogen and oxygen atoms in total. The number of hydrogen-bond donors (Lipinski definition) is 1. The molecule has 0 saturated heterocycles. The lowest BCUT2D eigenvalue weighted by molar-refractivity contribution is 0.0689. The minimum Gasteiger partial charge on any atom is -0.476 e. The number of aromatic carboxylic acids is 1. The van der Waals surface area contributed by atoms with E-state index >= 15 is 0 Å². The summed E-state index contributed by atoms with van der Waals surface area (Å²) in [5.74, 6) is -0.725. The van der Waals surface area contributed by atoms with Gasteiger partial charge >= 0.3 is 5.97 Å². The summed E-state index contributed by atoms with van der Waals surface area (Å²) in [5.41, 5.74) is 2.27. The molecule has 0 unspecified atom stereocenters. The molecule has 0 bridgehead atoms. The number of halogens is 1. The third-order valence-electron chi connectivity index (χ3n) is 3.12. The first-order valence-corrected chi connectivity index (χ1v) is 6.72. The van der Waals surface area contributed by atoms with Crippen molar-refractivity contribution < 1.29 is 9.90 Å². The predicted molar refractivity (Wildman–Crippen MR) is 76.4 cm³/mol. The van der Waals surface area contributed by atoms with Crippen LogP contribution in [-0.4, -0.2) is 30.2 Å². The third-order valence-corrected chi connectivity index (χ3v) is 4.27. The number of fused-ring (bicyclic) bond motifs is 1. The highest BCUT2D eigenvalue weighted by Crippen LogP contribution is 2.25. The SMILES string of the molecule is Cc1nn(-c2nc3ccccn3c2C(=O)O)c(C)c1Br. The maximum atomic E-state index is 11.6. The highest BCUT2D eigenvalue weighted by atomic mass is 79.9. The van der Waals surface area contributed by atoms with E-state index < -0.39 is 5.97 Å². The number of imidazole rings is 1. The molecule has 0 aliphatic carbocycles. The summed E-state index contributed by atoms with van der Waals surface area (Å²) in [6, 6.07) is 5.34. The normalized spacial score (nSPS) is 11.2. The Morgan fingerprint density at radius 3 is 2.70 bits per heavy atom.